The van der Waals surface area contributed by atoms with Crippen molar-refractivity contribution in [2.24, 2.45) is 0 Å². The molecule has 0 aromatic heterocycles. The molecule has 0 N–H and O–H groups in total. The Morgan fingerprint density at radius 2 is 1.69 bits per heavy atom. The zero-order valence-corrected chi connectivity index (χ0v) is 16.4. The summed E-state index contributed by atoms with van der Waals surface area (Å²) in [5.74, 6) is 0.549. The molecule has 0 heterocycles. The summed E-state index contributed by atoms with van der Waals surface area (Å²) in [6.07, 6.45) is 4.63. The van der Waals surface area contributed by atoms with Crippen molar-refractivity contribution in [1.82, 2.24) is 4.90 Å². The summed E-state index contributed by atoms with van der Waals surface area (Å²) in [7, 11) is 0. The zero-order valence-electron chi connectivity index (χ0n) is 16.4. The molecule has 0 bridgehead atoms. The first kappa shape index (κ1) is 18.8. The number of hydrogen-bond donors (Lipinski definition) is 0. The molecule has 0 spiro atoms. The maximum absolute atomic E-state index is 13.2. The van der Waals surface area contributed by atoms with Crippen molar-refractivity contribution in [2.75, 3.05) is 13.1 Å². The van der Waals surface area contributed by atoms with Gasteiger partial charge in [0.05, 0.1) is 0 Å². The Morgan fingerprint density at radius 3 is 2.35 bits per heavy atom. The lowest BCUT2D eigenvalue weighted by Gasteiger charge is -2.40. The van der Waals surface area contributed by atoms with E-state index in [2.05, 4.69) is 37.8 Å². The Balaban J connectivity index is 1.97. The molecule has 2 heteroatoms. The summed E-state index contributed by atoms with van der Waals surface area (Å²) in [6, 6.07) is 16.5. The van der Waals surface area contributed by atoms with Gasteiger partial charge in [0.2, 0.25) is 0 Å². The van der Waals surface area contributed by atoms with E-state index in [0.717, 1.165) is 30.6 Å². The van der Waals surface area contributed by atoms with Gasteiger partial charge in [-0.2, -0.15) is 0 Å². The van der Waals surface area contributed by atoms with Crippen LogP contribution in [0.1, 0.15) is 73.0 Å². The molecule has 0 saturated carbocycles. The normalized spacial score (nSPS) is 19.4. The van der Waals surface area contributed by atoms with Crippen LogP contribution < -0.4 is 0 Å². The van der Waals surface area contributed by atoms with Crippen LogP contribution in [0.15, 0.2) is 48.5 Å². The van der Waals surface area contributed by atoms with Crippen molar-refractivity contribution in [3.8, 4) is 0 Å². The number of nitrogens with zero attached hydrogens (tertiary/aromatic N) is 1. The van der Waals surface area contributed by atoms with Crippen molar-refractivity contribution < 1.29 is 4.79 Å². The average molecular weight is 350 g/mol. The molecule has 2 nitrogen and oxygen atoms in total. The number of rotatable bonds is 7. The Bertz CT molecular complexity index is 731. The predicted molar refractivity (Wildman–Crippen MR) is 109 cm³/mol. The summed E-state index contributed by atoms with van der Waals surface area (Å²) >= 11 is 0. The maximum atomic E-state index is 13.2. The number of carbonyl (C=O) groups excluding carboxylic acids is 1. The van der Waals surface area contributed by atoms with Gasteiger partial charge in [-0.3, -0.25) is 9.69 Å². The van der Waals surface area contributed by atoms with Crippen molar-refractivity contribution >= 4 is 5.78 Å². The van der Waals surface area contributed by atoms with Gasteiger partial charge in [-0.05, 0) is 55.8 Å². The van der Waals surface area contributed by atoms with E-state index < -0.39 is 0 Å². The second-order valence-electron chi connectivity index (χ2n) is 7.50. The third kappa shape index (κ3) is 3.76. The van der Waals surface area contributed by atoms with E-state index in [-0.39, 0.29) is 5.78 Å². The number of fused-ring (bicyclic) bond motifs is 1. The largest absolute Gasteiger partial charge is 0.300 e. The molecule has 138 valence electrons. The van der Waals surface area contributed by atoms with Gasteiger partial charge >= 0.3 is 0 Å². The highest BCUT2D eigenvalue weighted by Crippen LogP contribution is 2.37. The van der Waals surface area contributed by atoms with Crippen LogP contribution in [0.3, 0.4) is 0 Å². The van der Waals surface area contributed by atoms with Crippen molar-refractivity contribution in [3.63, 3.8) is 0 Å². The monoisotopic (exact) mass is 349 g/mol. The molecular weight excluding hydrogens is 318 g/mol. The summed E-state index contributed by atoms with van der Waals surface area (Å²) in [5.41, 5.74) is 4.34. The molecule has 1 aliphatic rings. The minimum Gasteiger partial charge on any atom is -0.300 e. The third-order valence-electron chi connectivity index (χ3n) is 5.71. The van der Waals surface area contributed by atoms with Gasteiger partial charge in [-0.15, -0.1) is 0 Å². The van der Waals surface area contributed by atoms with E-state index in [1.165, 1.54) is 30.4 Å². The molecule has 0 aliphatic heterocycles. The molecule has 0 saturated heterocycles. The number of carbonyl (C=O) groups is 1. The van der Waals surface area contributed by atoms with Crippen LogP contribution >= 0.6 is 0 Å². The fourth-order valence-corrected chi connectivity index (χ4v) is 4.57. The second-order valence-corrected chi connectivity index (χ2v) is 7.50. The minimum absolute atomic E-state index is 0.160. The van der Waals surface area contributed by atoms with Crippen LogP contribution in [0.5, 0.6) is 0 Å². The SMILES string of the molecule is CCCN(CCC)[C@H]1CCc2cccc(C(=O)c3ccccc3)c2[C@H]1C. The molecule has 1 aliphatic carbocycles. The average Bonchev–Trinajstić information content (AvgIpc) is 2.68. The van der Waals surface area contributed by atoms with Gasteiger partial charge < -0.3 is 0 Å². The standard InChI is InChI=1S/C24H31NO/c1-4-16-25(17-5-2)22-15-14-19-12-9-13-21(23(19)18(22)3)24(26)20-10-7-6-8-11-20/h6-13,18,22H,4-5,14-17H2,1-3H3/t18-,22-/m0/s1. The van der Waals surface area contributed by atoms with Gasteiger partial charge in [0.1, 0.15) is 0 Å². The maximum Gasteiger partial charge on any atom is 0.193 e. The molecular formula is C24H31NO. The van der Waals surface area contributed by atoms with Crippen molar-refractivity contribution in [3.05, 3.63) is 70.8 Å². The highest BCUT2D eigenvalue weighted by molar-refractivity contribution is 6.10. The molecule has 2 aromatic rings. The molecule has 0 radical (unpaired) electrons. The first-order valence-electron chi connectivity index (χ1n) is 10.1. The summed E-state index contributed by atoms with van der Waals surface area (Å²) in [5, 5.41) is 0. The zero-order chi connectivity index (χ0) is 18.5. The van der Waals surface area contributed by atoms with Gasteiger partial charge in [-0.1, -0.05) is 69.3 Å². The second kappa shape index (κ2) is 8.64. The van der Waals surface area contributed by atoms with Crippen LogP contribution in [0, 0.1) is 0 Å². The van der Waals surface area contributed by atoms with Crippen LogP contribution in [-0.2, 0) is 6.42 Å². The number of benzene rings is 2. The molecule has 0 amide bonds. The third-order valence-corrected chi connectivity index (χ3v) is 5.71. The first-order chi connectivity index (χ1) is 12.7. The van der Waals surface area contributed by atoms with Crippen molar-refractivity contribution in [1.29, 1.82) is 0 Å². The fraction of sp³-hybridized carbons (Fsp3) is 0.458. The lowest BCUT2D eigenvalue weighted by Crippen LogP contribution is -2.42. The number of aryl methyl sites for hydroxylation is 1. The molecule has 26 heavy (non-hydrogen) atoms. The van der Waals surface area contributed by atoms with Crippen LogP contribution in [0.2, 0.25) is 0 Å². The van der Waals surface area contributed by atoms with Crippen LogP contribution in [-0.4, -0.2) is 29.8 Å². The van der Waals surface area contributed by atoms with E-state index in [1.54, 1.807) is 0 Å². The molecule has 0 fully saturated rings. The van der Waals surface area contributed by atoms with Crippen LogP contribution in [0.25, 0.3) is 0 Å². The van der Waals surface area contributed by atoms with Gasteiger partial charge in [0, 0.05) is 17.2 Å². The Kier molecular flexibility index (Phi) is 6.26. The molecule has 0 unspecified atom stereocenters. The highest BCUT2D eigenvalue weighted by Gasteiger charge is 2.33. The van der Waals surface area contributed by atoms with Crippen molar-refractivity contribution in [2.45, 2.75) is 58.4 Å². The fourth-order valence-electron chi connectivity index (χ4n) is 4.57. The van der Waals surface area contributed by atoms with E-state index in [9.17, 15) is 4.79 Å². The topological polar surface area (TPSA) is 20.3 Å². The Hall–Kier alpha value is -1.93. The van der Waals surface area contributed by atoms with Crippen LogP contribution in [0.4, 0.5) is 0 Å². The van der Waals surface area contributed by atoms with E-state index in [0.29, 0.717) is 12.0 Å². The van der Waals surface area contributed by atoms with E-state index >= 15 is 0 Å². The summed E-state index contributed by atoms with van der Waals surface area (Å²) in [4.78, 5) is 15.8. The van der Waals surface area contributed by atoms with E-state index in [4.69, 9.17) is 0 Å². The van der Waals surface area contributed by atoms with Gasteiger partial charge in [0.15, 0.2) is 5.78 Å². The lowest BCUT2D eigenvalue weighted by molar-refractivity contribution is 0.103. The first-order valence-corrected chi connectivity index (χ1v) is 10.1. The highest BCUT2D eigenvalue weighted by atomic mass is 16.1. The van der Waals surface area contributed by atoms with E-state index in [1.807, 2.05) is 36.4 Å². The summed E-state index contributed by atoms with van der Waals surface area (Å²) in [6.45, 7) is 9.13. The molecule has 3 rings (SSSR count). The quantitative estimate of drug-likeness (QED) is 0.619. The number of hydrogen-bond acceptors (Lipinski definition) is 2. The summed E-state index contributed by atoms with van der Waals surface area (Å²) < 4.78 is 0. The van der Waals surface area contributed by atoms with Gasteiger partial charge in [0.25, 0.3) is 0 Å². The predicted octanol–water partition coefficient (Wildman–Crippen LogP) is 5.46. The minimum atomic E-state index is 0.160. The smallest absolute Gasteiger partial charge is 0.193 e. The van der Waals surface area contributed by atoms with Gasteiger partial charge in [-0.25, -0.2) is 0 Å². The number of ketones is 1. The Morgan fingerprint density at radius 1 is 1.00 bits per heavy atom. The molecule has 2 atom stereocenters. The Labute approximate surface area is 158 Å². The lowest BCUT2D eigenvalue weighted by atomic mass is 9.76. The molecule has 2 aromatic carbocycles.